The van der Waals surface area contributed by atoms with Crippen LogP contribution < -0.4 is 5.73 Å². The molecule has 1 aromatic rings. The van der Waals surface area contributed by atoms with Gasteiger partial charge < -0.3 is 10.8 Å². The Balaban J connectivity index is 2.82. The molecule has 0 aliphatic carbocycles. The summed E-state index contributed by atoms with van der Waals surface area (Å²) in [5.74, 6) is 0.635. The average molecular weight is 284 g/mol. The first-order valence-electron chi connectivity index (χ1n) is 5.71. The summed E-state index contributed by atoms with van der Waals surface area (Å²) in [5, 5.41) is 19.9. The van der Waals surface area contributed by atoms with E-state index in [1.165, 1.54) is 23.9 Å². The van der Waals surface area contributed by atoms with Crippen LogP contribution in [0.3, 0.4) is 0 Å². The van der Waals surface area contributed by atoms with Gasteiger partial charge in [-0.1, -0.05) is 13.0 Å². The second-order valence-electron chi connectivity index (χ2n) is 4.27. The molecule has 1 atom stereocenters. The Morgan fingerprint density at radius 2 is 2.26 bits per heavy atom. The van der Waals surface area contributed by atoms with Crippen molar-refractivity contribution in [2.75, 3.05) is 12.4 Å². The highest BCUT2D eigenvalue weighted by atomic mass is 32.2. The van der Waals surface area contributed by atoms with Gasteiger partial charge in [-0.15, -0.1) is 0 Å². The SMILES string of the molecule is CC(CO)CSCc1ccc(C(N)=O)cc1[N+](=O)[O-]. The number of hydrogen-bond donors (Lipinski definition) is 2. The molecule has 19 heavy (non-hydrogen) atoms. The van der Waals surface area contributed by atoms with Crippen molar-refractivity contribution in [1.82, 2.24) is 0 Å². The van der Waals surface area contributed by atoms with Crippen molar-refractivity contribution in [3.8, 4) is 0 Å². The first kappa shape index (κ1) is 15.5. The maximum Gasteiger partial charge on any atom is 0.274 e. The minimum Gasteiger partial charge on any atom is -0.396 e. The van der Waals surface area contributed by atoms with Crippen molar-refractivity contribution in [2.45, 2.75) is 12.7 Å². The lowest BCUT2D eigenvalue weighted by atomic mass is 10.1. The number of hydrogen-bond acceptors (Lipinski definition) is 5. The Labute approximate surface area is 115 Å². The fraction of sp³-hybridized carbons (Fsp3) is 0.417. The molecule has 1 rings (SSSR count). The predicted octanol–water partition coefficient (Wildman–Crippen LogP) is 1.56. The molecule has 0 aliphatic heterocycles. The number of thioether (sulfide) groups is 1. The number of nitro benzene ring substituents is 1. The number of carbonyl (C=O) groups excluding carboxylic acids is 1. The monoisotopic (exact) mass is 284 g/mol. The molecule has 0 spiro atoms. The maximum atomic E-state index is 11.0. The average Bonchev–Trinajstić information content (AvgIpc) is 2.38. The largest absolute Gasteiger partial charge is 0.396 e. The zero-order valence-corrected chi connectivity index (χ0v) is 11.4. The molecule has 0 heterocycles. The number of nitrogens with two attached hydrogens (primary N) is 1. The summed E-state index contributed by atoms with van der Waals surface area (Å²) < 4.78 is 0. The van der Waals surface area contributed by atoms with Crippen LogP contribution in [0.15, 0.2) is 18.2 Å². The Morgan fingerprint density at radius 1 is 1.58 bits per heavy atom. The van der Waals surface area contributed by atoms with E-state index in [0.717, 1.165) is 0 Å². The maximum absolute atomic E-state index is 11.0. The summed E-state index contributed by atoms with van der Waals surface area (Å²) in [5.41, 5.74) is 5.67. The molecule has 1 amide bonds. The number of rotatable bonds is 7. The molecule has 0 saturated carbocycles. The number of carbonyl (C=O) groups is 1. The van der Waals surface area contributed by atoms with Gasteiger partial charge >= 0.3 is 0 Å². The summed E-state index contributed by atoms with van der Waals surface area (Å²) in [6, 6.07) is 4.24. The molecule has 7 heteroatoms. The Hall–Kier alpha value is -1.60. The van der Waals surface area contributed by atoms with Crippen molar-refractivity contribution < 1.29 is 14.8 Å². The van der Waals surface area contributed by atoms with Crippen LogP contribution in [0.2, 0.25) is 0 Å². The third-order valence-corrected chi connectivity index (χ3v) is 3.86. The van der Waals surface area contributed by atoms with E-state index in [1.807, 2.05) is 6.92 Å². The fourth-order valence-electron chi connectivity index (χ4n) is 1.43. The highest BCUT2D eigenvalue weighted by Crippen LogP contribution is 2.25. The number of aliphatic hydroxyl groups excluding tert-OH is 1. The number of nitro groups is 1. The summed E-state index contributed by atoms with van der Waals surface area (Å²) in [6.45, 7) is 1.99. The predicted molar refractivity (Wildman–Crippen MR) is 74.0 cm³/mol. The molecule has 1 unspecified atom stereocenters. The molecule has 0 bridgehead atoms. The second-order valence-corrected chi connectivity index (χ2v) is 5.30. The molecule has 0 fully saturated rings. The van der Waals surface area contributed by atoms with E-state index >= 15 is 0 Å². The molecule has 6 nitrogen and oxygen atoms in total. The van der Waals surface area contributed by atoms with Gasteiger partial charge in [-0.05, 0) is 17.7 Å². The van der Waals surface area contributed by atoms with E-state index in [4.69, 9.17) is 10.8 Å². The highest BCUT2D eigenvalue weighted by Gasteiger charge is 2.16. The lowest BCUT2D eigenvalue weighted by Crippen LogP contribution is -2.11. The van der Waals surface area contributed by atoms with Crippen molar-refractivity contribution in [3.63, 3.8) is 0 Å². The minimum absolute atomic E-state index is 0.0930. The van der Waals surface area contributed by atoms with Crippen molar-refractivity contribution in [2.24, 2.45) is 11.7 Å². The van der Waals surface area contributed by atoms with Crippen LogP contribution in [-0.2, 0) is 5.75 Å². The summed E-state index contributed by atoms with van der Waals surface area (Å²) in [4.78, 5) is 21.4. The molecular weight excluding hydrogens is 268 g/mol. The van der Waals surface area contributed by atoms with Crippen LogP contribution in [-0.4, -0.2) is 28.3 Å². The highest BCUT2D eigenvalue weighted by molar-refractivity contribution is 7.98. The van der Waals surface area contributed by atoms with Gasteiger partial charge in [0.05, 0.1) is 4.92 Å². The van der Waals surface area contributed by atoms with Crippen LogP contribution in [0.4, 0.5) is 5.69 Å². The van der Waals surface area contributed by atoms with E-state index in [9.17, 15) is 14.9 Å². The van der Waals surface area contributed by atoms with E-state index in [2.05, 4.69) is 0 Å². The summed E-state index contributed by atoms with van der Waals surface area (Å²) in [6.07, 6.45) is 0. The number of primary amides is 1. The van der Waals surface area contributed by atoms with Crippen LogP contribution >= 0.6 is 11.8 Å². The minimum atomic E-state index is -0.684. The quantitative estimate of drug-likeness (QED) is 0.583. The third kappa shape index (κ3) is 4.53. The Morgan fingerprint density at radius 3 is 2.79 bits per heavy atom. The van der Waals surface area contributed by atoms with E-state index < -0.39 is 10.8 Å². The van der Waals surface area contributed by atoms with Crippen LogP contribution in [0.5, 0.6) is 0 Å². The molecule has 1 aromatic carbocycles. The standard InChI is InChI=1S/C12H16N2O4S/c1-8(5-15)6-19-7-10-3-2-9(12(13)16)4-11(10)14(17)18/h2-4,8,15H,5-7H2,1H3,(H2,13,16). The summed E-state index contributed by atoms with van der Waals surface area (Å²) >= 11 is 1.50. The number of benzene rings is 1. The van der Waals surface area contributed by atoms with Crippen molar-refractivity contribution >= 4 is 23.4 Å². The van der Waals surface area contributed by atoms with E-state index in [-0.39, 0.29) is 23.8 Å². The normalized spacial score (nSPS) is 12.1. The van der Waals surface area contributed by atoms with Gasteiger partial charge in [0.1, 0.15) is 0 Å². The zero-order chi connectivity index (χ0) is 14.4. The lowest BCUT2D eigenvalue weighted by Gasteiger charge is -2.08. The van der Waals surface area contributed by atoms with Gasteiger partial charge in [-0.25, -0.2) is 0 Å². The topological polar surface area (TPSA) is 106 Å². The van der Waals surface area contributed by atoms with Crippen LogP contribution in [0.25, 0.3) is 0 Å². The smallest absolute Gasteiger partial charge is 0.274 e. The van der Waals surface area contributed by atoms with Crippen molar-refractivity contribution in [3.05, 3.63) is 39.4 Å². The van der Waals surface area contributed by atoms with E-state index in [1.54, 1.807) is 6.07 Å². The second kappa shape index (κ2) is 7.10. The first-order valence-corrected chi connectivity index (χ1v) is 6.87. The van der Waals surface area contributed by atoms with E-state index in [0.29, 0.717) is 17.1 Å². The van der Waals surface area contributed by atoms with Crippen LogP contribution in [0.1, 0.15) is 22.8 Å². The molecule has 104 valence electrons. The van der Waals surface area contributed by atoms with Gasteiger partial charge in [-0.2, -0.15) is 11.8 Å². The number of nitrogens with zero attached hydrogens (tertiary/aromatic N) is 1. The Bertz CT molecular complexity index is 479. The first-order chi connectivity index (χ1) is 8.95. The number of amides is 1. The molecule has 0 saturated heterocycles. The molecule has 0 aliphatic rings. The molecule has 0 aromatic heterocycles. The summed E-state index contributed by atoms with van der Waals surface area (Å²) in [7, 11) is 0. The lowest BCUT2D eigenvalue weighted by molar-refractivity contribution is -0.385. The van der Waals surface area contributed by atoms with Gasteiger partial charge in [0.25, 0.3) is 5.69 Å². The van der Waals surface area contributed by atoms with Crippen LogP contribution in [0, 0.1) is 16.0 Å². The van der Waals surface area contributed by atoms with Gasteiger partial charge in [0, 0.05) is 29.6 Å². The van der Waals surface area contributed by atoms with Crippen molar-refractivity contribution in [1.29, 1.82) is 0 Å². The zero-order valence-electron chi connectivity index (χ0n) is 10.5. The molecule has 0 radical (unpaired) electrons. The van der Waals surface area contributed by atoms with Gasteiger partial charge in [-0.3, -0.25) is 14.9 Å². The fourth-order valence-corrected chi connectivity index (χ4v) is 2.52. The van der Waals surface area contributed by atoms with Gasteiger partial charge in [0.15, 0.2) is 0 Å². The third-order valence-electron chi connectivity index (χ3n) is 2.54. The van der Waals surface area contributed by atoms with Gasteiger partial charge in [0.2, 0.25) is 5.91 Å². The number of aliphatic hydroxyl groups is 1. The molecule has 3 N–H and O–H groups in total. The Kier molecular flexibility index (Phi) is 5.78. The molecular formula is C12H16N2O4S.